The minimum atomic E-state index is -0.404. The second-order valence-electron chi connectivity index (χ2n) is 6.50. The summed E-state index contributed by atoms with van der Waals surface area (Å²) in [6.45, 7) is 10.2. The maximum Gasteiger partial charge on any atom is 0.407 e. The highest BCUT2D eigenvalue weighted by Gasteiger charge is 2.25. The van der Waals surface area contributed by atoms with Gasteiger partial charge in [0.1, 0.15) is 5.60 Å². The summed E-state index contributed by atoms with van der Waals surface area (Å²) in [5.74, 6) is 1.59. The highest BCUT2D eigenvalue weighted by Crippen LogP contribution is 2.29. The Morgan fingerprint density at radius 2 is 1.71 bits per heavy atom. The van der Waals surface area contributed by atoms with Crippen molar-refractivity contribution in [2.24, 2.45) is 11.8 Å². The summed E-state index contributed by atoms with van der Waals surface area (Å²) >= 11 is 0. The van der Waals surface area contributed by atoms with E-state index in [2.05, 4.69) is 19.2 Å². The molecular formula is C14H27NO2. The van der Waals surface area contributed by atoms with Gasteiger partial charge in [-0.3, -0.25) is 0 Å². The standard InChI is InChI=1S/C14H27NO2/c1-10(2)11-6-8-12(9-7-11)15-13(16)17-14(3,4)5/h10-12H,6-9H2,1-5H3,(H,15,16). The van der Waals surface area contributed by atoms with Crippen molar-refractivity contribution in [2.45, 2.75) is 71.9 Å². The third kappa shape index (κ3) is 5.42. The van der Waals surface area contributed by atoms with Crippen molar-refractivity contribution >= 4 is 6.09 Å². The average molecular weight is 241 g/mol. The molecule has 1 saturated carbocycles. The highest BCUT2D eigenvalue weighted by molar-refractivity contribution is 5.68. The summed E-state index contributed by atoms with van der Waals surface area (Å²) in [6, 6.07) is 0.305. The van der Waals surface area contributed by atoms with Crippen LogP contribution in [0.5, 0.6) is 0 Å². The number of rotatable bonds is 2. The minimum absolute atomic E-state index is 0.273. The Morgan fingerprint density at radius 3 is 2.12 bits per heavy atom. The van der Waals surface area contributed by atoms with Crippen LogP contribution in [-0.2, 0) is 4.74 Å². The molecule has 0 bridgehead atoms. The first-order valence-electron chi connectivity index (χ1n) is 6.77. The van der Waals surface area contributed by atoms with Crippen LogP contribution in [0.2, 0.25) is 0 Å². The molecule has 0 aromatic rings. The van der Waals surface area contributed by atoms with Crippen LogP contribution in [0.1, 0.15) is 60.3 Å². The van der Waals surface area contributed by atoms with Gasteiger partial charge in [0.05, 0.1) is 0 Å². The molecule has 0 unspecified atom stereocenters. The van der Waals surface area contributed by atoms with Crippen LogP contribution >= 0.6 is 0 Å². The number of nitrogens with one attached hydrogen (secondary N) is 1. The maximum atomic E-state index is 11.6. The average Bonchev–Trinajstić information content (AvgIpc) is 2.15. The fourth-order valence-corrected chi connectivity index (χ4v) is 2.40. The highest BCUT2D eigenvalue weighted by atomic mass is 16.6. The molecule has 0 heterocycles. The lowest BCUT2D eigenvalue weighted by Gasteiger charge is -2.31. The molecule has 17 heavy (non-hydrogen) atoms. The van der Waals surface area contributed by atoms with Gasteiger partial charge in [-0.1, -0.05) is 13.8 Å². The monoisotopic (exact) mass is 241 g/mol. The molecule has 100 valence electrons. The number of amides is 1. The van der Waals surface area contributed by atoms with Crippen LogP contribution in [0.25, 0.3) is 0 Å². The number of hydrogen-bond acceptors (Lipinski definition) is 2. The zero-order chi connectivity index (χ0) is 13.1. The van der Waals surface area contributed by atoms with Gasteiger partial charge >= 0.3 is 6.09 Å². The van der Waals surface area contributed by atoms with E-state index in [1.54, 1.807) is 0 Å². The van der Waals surface area contributed by atoms with E-state index >= 15 is 0 Å². The van der Waals surface area contributed by atoms with Crippen molar-refractivity contribution in [3.05, 3.63) is 0 Å². The van der Waals surface area contributed by atoms with Gasteiger partial charge in [-0.25, -0.2) is 4.79 Å². The van der Waals surface area contributed by atoms with Crippen molar-refractivity contribution in [3.8, 4) is 0 Å². The Kier molecular flexibility index (Phi) is 4.84. The zero-order valence-electron chi connectivity index (χ0n) is 11.9. The van der Waals surface area contributed by atoms with Crippen molar-refractivity contribution in [1.82, 2.24) is 5.32 Å². The number of hydrogen-bond donors (Lipinski definition) is 1. The summed E-state index contributed by atoms with van der Waals surface area (Å²) in [4.78, 5) is 11.6. The summed E-state index contributed by atoms with van der Waals surface area (Å²) < 4.78 is 5.26. The van der Waals surface area contributed by atoms with Gasteiger partial charge in [-0.15, -0.1) is 0 Å². The largest absolute Gasteiger partial charge is 0.444 e. The van der Waals surface area contributed by atoms with E-state index in [9.17, 15) is 4.79 Å². The van der Waals surface area contributed by atoms with E-state index in [-0.39, 0.29) is 6.09 Å². The Hall–Kier alpha value is -0.730. The van der Waals surface area contributed by atoms with E-state index in [0.717, 1.165) is 24.7 Å². The van der Waals surface area contributed by atoms with E-state index in [1.165, 1.54) is 12.8 Å². The predicted molar refractivity (Wildman–Crippen MR) is 70.0 cm³/mol. The SMILES string of the molecule is CC(C)C1CCC(NC(=O)OC(C)(C)C)CC1. The fourth-order valence-electron chi connectivity index (χ4n) is 2.40. The van der Waals surface area contributed by atoms with Crippen molar-refractivity contribution in [2.75, 3.05) is 0 Å². The third-order valence-electron chi connectivity index (χ3n) is 3.44. The van der Waals surface area contributed by atoms with Gasteiger partial charge in [0.15, 0.2) is 0 Å². The molecule has 1 aliphatic rings. The molecule has 1 amide bonds. The topological polar surface area (TPSA) is 38.3 Å². The summed E-state index contributed by atoms with van der Waals surface area (Å²) in [7, 11) is 0. The molecule has 1 fully saturated rings. The van der Waals surface area contributed by atoms with Crippen molar-refractivity contribution < 1.29 is 9.53 Å². The fraction of sp³-hybridized carbons (Fsp3) is 0.929. The number of carbonyl (C=O) groups excluding carboxylic acids is 1. The Balaban J connectivity index is 2.29. The summed E-state index contributed by atoms with van der Waals surface area (Å²) in [6.07, 6.45) is 4.34. The van der Waals surface area contributed by atoms with E-state index in [1.807, 2.05) is 20.8 Å². The first kappa shape index (κ1) is 14.3. The molecule has 3 nitrogen and oxygen atoms in total. The lowest BCUT2D eigenvalue weighted by Crippen LogP contribution is -2.41. The van der Waals surface area contributed by atoms with Crippen LogP contribution in [0.4, 0.5) is 4.79 Å². The Bertz CT molecular complexity index is 247. The first-order valence-corrected chi connectivity index (χ1v) is 6.77. The number of carbonyl (C=O) groups is 1. The molecule has 1 N–H and O–H groups in total. The van der Waals surface area contributed by atoms with E-state index in [4.69, 9.17) is 4.74 Å². The lowest BCUT2D eigenvalue weighted by atomic mass is 9.80. The lowest BCUT2D eigenvalue weighted by molar-refractivity contribution is 0.0484. The minimum Gasteiger partial charge on any atom is -0.444 e. The maximum absolute atomic E-state index is 11.6. The predicted octanol–water partition coefficient (Wildman–Crippen LogP) is 3.73. The van der Waals surface area contributed by atoms with E-state index < -0.39 is 5.60 Å². The van der Waals surface area contributed by atoms with Gasteiger partial charge in [0.2, 0.25) is 0 Å². The van der Waals surface area contributed by atoms with Crippen LogP contribution in [0.3, 0.4) is 0 Å². The molecule has 3 heteroatoms. The molecule has 0 saturated heterocycles. The molecule has 1 rings (SSSR count). The molecule has 0 aromatic heterocycles. The molecule has 0 aliphatic heterocycles. The van der Waals surface area contributed by atoms with Crippen LogP contribution in [-0.4, -0.2) is 17.7 Å². The molecule has 0 atom stereocenters. The van der Waals surface area contributed by atoms with Crippen LogP contribution < -0.4 is 5.32 Å². The first-order chi connectivity index (χ1) is 7.78. The van der Waals surface area contributed by atoms with Gasteiger partial charge in [0, 0.05) is 6.04 Å². The molecule has 0 radical (unpaired) electrons. The molecule has 1 aliphatic carbocycles. The number of alkyl carbamates (subject to hydrolysis) is 1. The van der Waals surface area contributed by atoms with E-state index in [0.29, 0.717) is 6.04 Å². The quantitative estimate of drug-likeness (QED) is 0.800. The normalized spacial score (nSPS) is 25.8. The van der Waals surface area contributed by atoms with Gasteiger partial charge in [-0.2, -0.15) is 0 Å². The molecular weight excluding hydrogens is 214 g/mol. The second kappa shape index (κ2) is 5.74. The zero-order valence-corrected chi connectivity index (χ0v) is 11.9. The van der Waals surface area contributed by atoms with Crippen LogP contribution in [0, 0.1) is 11.8 Å². The third-order valence-corrected chi connectivity index (χ3v) is 3.44. The van der Waals surface area contributed by atoms with Gasteiger partial charge < -0.3 is 10.1 Å². The number of ether oxygens (including phenoxy) is 1. The van der Waals surface area contributed by atoms with Crippen molar-refractivity contribution in [1.29, 1.82) is 0 Å². The van der Waals surface area contributed by atoms with Gasteiger partial charge in [0.25, 0.3) is 0 Å². The smallest absolute Gasteiger partial charge is 0.407 e. The van der Waals surface area contributed by atoms with Crippen molar-refractivity contribution in [3.63, 3.8) is 0 Å². The summed E-state index contributed by atoms with van der Waals surface area (Å²) in [5.41, 5.74) is -0.404. The van der Waals surface area contributed by atoms with Crippen LogP contribution in [0.15, 0.2) is 0 Å². The second-order valence-corrected chi connectivity index (χ2v) is 6.50. The Labute approximate surface area is 105 Å². The molecule has 0 spiro atoms. The van der Waals surface area contributed by atoms with Gasteiger partial charge in [-0.05, 0) is 58.3 Å². The molecule has 0 aromatic carbocycles. The summed E-state index contributed by atoms with van der Waals surface area (Å²) in [5, 5.41) is 2.97. The Morgan fingerprint density at radius 1 is 1.18 bits per heavy atom.